The minimum Gasteiger partial charge on any atom is -0.487 e. The first kappa shape index (κ1) is 28.1. The van der Waals surface area contributed by atoms with Gasteiger partial charge in [0, 0.05) is 50.7 Å². The number of pyridine rings is 1. The van der Waals surface area contributed by atoms with Crippen LogP contribution in [0.25, 0.3) is 10.9 Å². The molecule has 4 heterocycles. The molecule has 3 atom stereocenters. The minimum atomic E-state index is -1.27. The maximum Gasteiger partial charge on any atom is 0.326 e. The Balaban J connectivity index is 1.42. The molecule has 1 aromatic carbocycles. The highest BCUT2D eigenvalue weighted by Crippen LogP contribution is 2.42. The molecule has 2 amide bonds. The molecule has 0 saturated carbocycles. The van der Waals surface area contributed by atoms with Crippen molar-refractivity contribution in [2.45, 2.75) is 38.4 Å². The number of aromatic amines is 1. The van der Waals surface area contributed by atoms with E-state index in [4.69, 9.17) is 4.74 Å². The fourth-order valence-electron chi connectivity index (χ4n) is 5.15. The van der Waals surface area contributed by atoms with Gasteiger partial charge in [0.1, 0.15) is 29.9 Å². The highest BCUT2D eigenvalue weighted by atomic mass is 19.1. The Labute approximate surface area is 234 Å². The number of carboxylic acid groups (broad SMARTS) is 1. The van der Waals surface area contributed by atoms with E-state index >= 15 is 4.39 Å². The van der Waals surface area contributed by atoms with Gasteiger partial charge in [-0.3, -0.25) is 14.4 Å². The number of imidazole rings is 1. The van der Waals surface area contributed by atoms with Crippen LogP contribution in [-0.4, -0.2) is 94.2 Å². The van der Waals surface area contributed by atoms with Crippen LogP contribution in [0.5, 0.6) is 5.75 Å². The number of likely N-dealkylation sites (N-methyl/N-ethyl adjacent to an activating group) is 1. The molecule has 1 fully saturated rings. The van der Waals surface area contributed by atoms with Crippen LogP contribution in [0.3, 0.4) is 0 Å². The van der Waals surface area contributed by atoms with E-state index in [1.165, 1.54) is 25.6 Å². The van der Waals surface area contributed by atoms with Crippen molar-refractivity contribution < 1.29 is 28.6 Å². The Kier molecular flexibility index (Phi) is 7.67. The summed E-state index contributed by atoms with van der Waals surface area (Å²) in [5.41, 5.74) is 0.251. The van der Waals surface area contributed by atoms with Crippen LogP contribution in [-0.2, 0) is 16.0 Å². The van der Waals surface area contributed by atoms with Crippen molar-refractivity contribution in [3.05, 3.63) is 52.1 Å². The summed E-state index contributed by atoms with van der Waals surface area (Å²) in [6.07, 6.45) is 4.21. The number of rotatable bonds is 8. The number of aromatic nitrogens is 3. The summed E-state index contributed by atoms with van der Waals surface area (Å²) in [5.74, 6) is -3.19. The molecule has 13 nitrogen and oxygen atoms in total. The number of anilines is 1. The summed E-state index contributed by atoms with van der Waals surface area (Å²) in [5, 5.41) is 14.4. The van der Waals surface area contributed by atoms with Gasteiger partial charge in [-0.15, -0.1) is 0 Å². The Hall–Kier alpha value is -4.46. The molecule has 0 spiro atoms. The topological polar surface area (TPSA) is 162 Å². The van der Waals surface area contributed by atoms with Gasteiger partial charge in [-0.2, -0.15) is 0 Å². The van der Waals surface area contributed by atoms with Crippen molar-refractivity contribution in [3.63, 3.8) is 0 Å². The zero-order chi connectivity index (χ0) is 29.4. The van der Waals surface area contributed by atoms with Crippen molar-refractivity contribution in [2.75, 3.05) is 44.7 Å². The summed E-state index contributed by atoms with van der Waals surface area (Å²) in [4.78, 5) is 61.8. The number of hydrogen-bond acceptors (Lipinski definition) is 8. The van der Waals surface area contributed by atoms with Gasteiger partial charge in [0.25, 0.3) is 5.91 Å². The van der Waals surface area contributed by atoms with E-state index in [9.17, 15) is 24.3 Å². The van der Waals surface area contributed by atoms with E-state index in [-0.39, 0.29) is 35.8 Å². The Bertz CT molecular complexity index is 1550. The lowest BCUT2D eigenvalue weighted by molar-refractivity contribution is -0.142. The van der Waals surface area contributed by atoms with Gasteiger partial charge in [0.15, 0.2) is 11.6 Å². The summed E-state index contributed by atoms with van der Waals surface area (Å²) in [6.45, 7) is 6.14. The summed E-state index contributed by atoms with van der Waals surface area (Å²) >= 11 is 0. The molecule has 3 aromatic rings. The van der Waals surface area contributed by atoms with Crippen molar-refractivity contribution in [1.29, 1.82) is 0 Å². The molecule has 0 bridgehead atoms. The van der Waals surface area contributed by atoms with E-state index in [0.717, 1.165) is 19.2 Å². The zero-order valence-electron chi connectivity index (χ0n) is 22.9. The van der Waals surface area contributed by atoms with Crippen LogP contribution >= 0.6 is 0 Å². The molecular formula is C27H32FN7O6. The average molecular weight is 570 g/mol. The lowest BCUT2D eigenvalue weighted by atomic mass is 10.0. The van der Waals surface area contributed by atoms with Crippen LogP contribution in [0, 0.1) is 5.82 Å². The third-order valence-electron chi connectivity index (χ3n) is 7.54. The highest BCUT2D eigenvalue weighted by molar-refractivity contribution is 6.01. The summed E-state index contributed by atoms with van der Waals surface area (Å²) in [6, 6.07) is -1.56. The van der Waals surface area contributed by atoms with Crippen molar-refractivity contribution in [3.8, 4) is 5.75 Å². The average Bonchev–Trinajstić information content (AvgIpc) is 3.45. The quantitative estimate of drug-likeness (QED) is 0.303. The van der Waals surface area contributed by atoms with Gasteiger partial charge in [-0.25, -0.2) is 14.2 Å². The molecule has 2 aliphatic heterocycles. The number of halogens is 1. The number of carbonyl (C=O) groups is 3. The molecule has 0 radical (unpaired) electrons. The lowest BCUT2D eigenvalue weighted by Crippen LogP contribution is -2.51. The Morgan fingerprint density at radius 1 is 1.24 bits per heavy atom. The second-order valence-corrected chi connectivity index (χ2v) is 10.5. The highest BCUT2D eigenvalue weighted by Gasteiger charge is 2.32. The first-order chi connectivity index (χ1) is 19.5. The largest absolute Gasteiger partial charge is 0.487 e. The van der Waals surface area contributed by atoms with E-state index in [2.05, 4.69) is 25.5 Å². The molecule has 2 aliphatic rings. The molecule has 0 aliphatic carbocycles. The zero-order valence-corrected chi connectivity index (χ0v) is 22.9. The van der Waals surface area contributed by atoms with Gasteiger partial charge in [0.05, 0.1) is 23.3 Å². The van der Waals surface area contributed by atoms with Gasteiger partial charge >= 0.3 is 5.97 Å². The third kappa shape index (κ3) is 5.46. The maximum atomic E-state index is 15.6. The first-order valence-corrected chi connectivity index (χ1v) is 13.3. The molecule has 1 saturated heterocycles. The fraction of sp³-hybridized carbons (Fsp3) is 0.444. The van der Waals surface area contributed by atoms with Crippen LogP contribution in [0.15, 0.2) is 29.6 Å². The monoisotopic (exact) mass is 569 g/mol. The Morgan fingerprint density at radius 3 is 2.63 bits per heavy atom. The standard InChI is InChI=1S/C27H32FN7O6/c1-14-12-41-24-21-17(9-19(28)22(24)34-6-4-33(3)5-7-34)23(36)18(11-35(14)21)26(38)31-15(2)25(37)32-20(27(39)40)8-16-10-29-13-30-16/h9-11,13-15,20H,4-8,12H2,1-3H3,(H,29,30)(H,31,38)(H,32,37)(H,39,40). The molecule has 218 valence electrons. The summed E-state index contributed by atoms with van der Waals surface area (Å²) < 4.78 is 23.3. The number of carboxylic acids is 1. The fourth-order valence-corrected chi connectivity index (χ4v) is 5.15. The molecule has 14 heteroatoms. The third-order valence-corrected chi connectivity index (χ3v) is 7.54. The smallest absolute Gasteiger partial charge is 0.326 e. The van der Waals surface area contributed by atoms with E-state index < -0.39 is 41.1 Å². The molecule has 3 unspecified atom stereocenters. The second kappa shape index (κ2) is 11.2. The predicted octanol–water partition coefficient (Wildman–Crippen LogP) is 0.499. The number of nitrogens with one attached hydrogen (secondary N) is 3. The normalized spacial score (nSPS) is 18.4. The number of carbonyl (C=O) groups excluding carboxylic acids is 2. The number of amides is 2. The number of piperazine rings is 1. The van der Waals surface area contributed by atoms with E-state index in [1.54, 1.807) is 4.57 Å². The number of benzene rings is 1. The number of nitrogens with zero attached hydrogens (tertiary/aromatic N) is 4. The van der Waals surface area contributed by atoms with Gasteiger partial charge < -0.3 is 39.8 Å². The molecule has 2 aromatic heterocycles. The molecular weight excluding hydrogens is 537 g/mol. The van der Waals surface area contributed by atoms with Crippen molar-refractivity contribution in [2.24, 2.45) is 0 Å². The number of hydrogen-bond donors (Lipinski definition) is 4. The van der Waals surface area contributed by atoms with E-state index in [0.29, 0.717) is 30.0 Å². The minimum absolute atomic E-state index is 0.00261. The van der Waals surface area contributed by atoms with Crippen molar-refractivity contribution >= 4 is 34.4 Å². The lowest BCUT2D eigenvalue weighted by Gasteiger charge is -2.37. The molecule has 4 N–H and O–H groups in total. The van der Waals surface area contributed by atoms with Crippen LogP contribution in [0.1, 0.15) is 35.9 Å². The van der Waals surface area contributed by atoms with E-state index in [1.807, 2.05) is 18.9 Å². The number of H-pyrrole nitrogens is 1. The van der Waals surface area contributed by atoms with Gasteiger partial charge in [-0.1, -0.05) is 0 Å². The Morgan fingerprint density at radius 2 is 1.98 bits per heavy atom. The predicted molar refractivity (Wildman–Crippen MR) is 147 cm³/mol. The SMILES string of the molecule is CC(NC(=O)c1cn2c3c(c(N4CCN(C)CC4)c(F)cc3c1=O)OCC2C)C(=O)NC(Cc1cnc[nH]1)C(=O)O. The molecule has 5 rings (SSSR count). The van der Waals surface area contributed by atoms with Crippen LogP contribution < -0.4 is 25.7 Å². The molecule has 41 heavy (non-hydrogen) atoms. The van der Waals surface area contributed by atoms with Crippen molar-refractivity contribution in [1.82, 2.24) is 30.1 Å². The van der Waals surface area contributed by atoms with Gasteiger partial charge in [0.2, 0.25) is 11.3 Å². The maximum absolute atomic E-state index is 15.6. The second-order valence-electron chi connectivity index (χ2n) is 10.5. The van der Waals surface area contributed by atoms with Gasteiger partial charge in [-0.05, 0) is 27.0 Å². The van der Waals surface area contributed by atoms with Crippen LogP contribution in [0.2, 0.25) is 0 Å². The number of ether oxygens (including phenoxy) is 1. The summed E-state index contributed by atoms with van der Waals surface area (Å²) in [7, 11) is 2.00. The number of aliphatic carboxylic acids is 1. The van der Waals surface area contributed by atoms with Crippen LogP contribution in [0.4, 0.5) is 10.1 Å². The first-order valence-electron chi connectivity index (χ1n) is 13.3.